The van der Waals surface area contributed by atoms with Gasteiger partial charge in [0.1, 0.15) is 0 Å². The van der Waals surface area contributed by atoms with Gasteiger partial charge in [0.2, 0.25) is 0 Å². The van der Waals surface area contributed by atoms with Crippen LogP contribution in [0, 0.1) is 0 Å². The Hall–Kier alpha value is -4.96. The summed E-state index contributed by atoms with van der Waals surface area (Å²) < 4.78 is 86.9. The van der Waals surface area contributed by atoms with E-state index in [0.29, 0.717) is 0 Å². The number of nitrogens with zero attached hydrogens (tertiary/aromatic N) is 2. The second-order valence-electron chi connectivity index (χ2n) is 8.20. The van der Waals surface area contributed by atoms with Gasteiger partial charge in [-0.15, -0.1) is 0 Å². The summed E-state index contributed by atoms with van der Waals surface area (Å²) in [5, 5.41) is 0.347. The van der Waals surface area contributed by atoms with Crippen molar-refractivity contribution in [2.45, 2.75) is 0 Å². The third-order valence-corrected chi connectivity index (χ3v) is 6.29. The van der Waals surface area contributed by atoms with E-state index in [0.717, 1.165) is 0 Å². The maximum atomic E-state index is 14.1. The maximum Gasteiger partial charge on any atom is 0.197 e. The standard InChI is InChI=1S/C32H20N2O2/c35-31-23-15-7-9-17-27(23)33(21-11-3-1-4-12-21)29-19-26-30(20-25(29)31)34(22-13-5-2-6-14-22)28-18-10-8-16-24(28)32(26)36/h1-20H/i1D,2D,3D,4D,5D,6D,11D,12D,13D,14D. The lowest BCUT2D eigenvalue weighted by atomic mass is 10.0. The summed E-state index contributed by atoms with van der Waals surface area (Å²) in [6, 6.07) is 9.95. The van der Waals surface area contributed by atoms with E-state index in [9.17, 15) is 9.59 Å². The van der Waals surface area contributed by atoms with Crippen molar-refractivity contribution in [1.82, 2.24) is 9.13 Å². The average Bonchev–Trinajstić information content (AvgIpc) is 3.07. The van der Waals surface area contributed by atoms with Crippen LogP contribution in [-0.4, -0.2) is 9.13 Å². The van der Waals surface area contributed by atoms with E-state index in [1.165, 1.54) is 33.4 Å². The van der Waals surface area contributed by atoms with E-state index in [-0.39, 0.29) is 55.0 Å². The predicted octanol–water partition coefficient (Wildman–Crippen LogP) is 6.60. The number of rotatable bonds is 2. The Morgan fingerprint density at radius 2 is 0.861 bits per heavy atom. The van der Waals surface area contributed by atoms with Crippen molar-refractivity contribution in [3.05, 3.63) is 142 Å². The van der Waals surface area contributed by atoms with Crippen LogP contribution in [0.15, 0.2) is 131 Å². The molecule has 0 aliphatic rings. The average molecular weight is 475 g/mol. The molecule has 0 aliphatic carbocycles. The first-order chi connectivity index (χ1) is 21.9. The molecular formula is C32H20N2O2. The smallest absolute Gasteiger partial charge is 0.197 e. The molecule has 4 nitrogen and oxygen atoms in total. The number of hydrogen-bond acceptors (Lipinski definition) is 2. The van der Waals surface area contributed by atoms with Gasteiger partial charge in [0.25, 0.3) is 0 Å². The van der Waals surface area contributed by atoms with Gasteiger partial charge >= 0.3 is 0 Å². The zero-order valence-electron chi connectivity index (χ0n) is 28.5. The molecule has 0 atom stereocenters. The lowest BCUT2D eigenvalue weighted by molar-refractivity contribution is 1.15. The minimum absolute atomic E-state index is 0.00816. The van der Waals surface area contributed by atoms with Crippen molar-refractivity contribution in [2.24, 2.45) is 0 Å². The SMILES string of the molecule is [2H]c1c([2H])c([2H])c(-n2c3ccccc3c(=O)c3cc4c(cc32)c(=O)c2ccccc2n4-c2c([2H])c([2H])c([2H])c([2H])c2[2H])c([2H])c1[2H]. The monoisotopic (exact) mass is 474 g/mol. The molecule has 0 saturated carbocycles. The fourth-order valence-corrected chi connectivity index (χ4v) is 4.77. The largest absolute Gasteiger partial charge is 0.309 e. The molecule has 0 aliphatic heterocycles. The highest BCUT2D eigenvalue weighted by atomic mass is 16.1. The summed E-state index contributed by atoms with van der Waals surface area (Å²) in [6.45, 7) is 0. The lowest BCUT2D eigenvalue weighted by Gasteiger charge is -2.19. The lowest BCUT2D eigenvalue weighted by Crippen LogP contribution is -2.14. The van der Waals surface area contributed by atoms with Crippen LogP contribution in [0.25, 0.3) is 55.0 Å². The van der Waals surface area contributed by atoms with Crippen LogP contribution in [0.3, 0.4) is 0 Å². The third kappa shape index (κ3) is 2.88. The minimum atomic E-state index is -0.591. The highest BCUT2D eigenvalue weighted by Crippen LogP contribution is 2.30. The molecule has 0 fully saturated rings. The quantitative estimate of drug-likeness (QED) is 0.265. The number of para-hydroxylation sites is 4. The zero-order chi connectivity index (χ0) is 32.9. The molecule has 0 unspecified atom stereocenters. The van der Waals surface area contributed by atoms with Crippen molar-refractivity contribution < 1.29 is 13.7 Å². The van der Waals surface area contributed by atoms with E-state index >= 15 is 0 Å². The number of aromatic nitrogens is 2. The molecule has 2 aromatic heterocycles. The molecule has 0 amide bonds. The van der Waals surface area contributed by atoms with Gasteiger partial charge in [0.05, 0.1) is 35.8 Å². The number of pyridine rings is 2. The first-order valence-electron chi connectivity index (χ1n) is 16.1. The molecule has 0 radical (unpaired) electrons. The molecule has 36 heavy (non-hydrogen) atoms. The number of hydrogen-bond donors (Lipinski definition) is 0. The van der Waals surface area contributed by atoms with Crippen LogP contribution >= 0.6 is 0 Å². The van der Waals surface area contributed by atoms with Crippen LogP contribution in [0.1, 0.15) is 13.7 Å². The molecule has 2 heterocycles. The van der Waals surface area contributed by atoms with Gasteiger partial charge in [-0.05, 0) is 60.6 Å². The Labute approximate surface area is 220 Å². The molecule has 7 rings (SSSR count). The summed E-state index contributed by atoms with van der Waals surface area (Å²) in [4.78, 5) is 28.2. The molecule has 7 aromatic rings. The molecular weight excluding hydrogens is 444 g/mol. The van der Waals surface area contributed by atoms with E-state index in [1.807, 2.05) is 0 Å². The topological polar surface area (TPSA) is 44.0 Å². The number of benzene rings is 5. The Kier molecular flexibility index (Phi) is 2.74. The highest BCUT2D eigenvalue weighted by molar-refractivity contribution is 6.05. The highest BCUT2D eigenvalue weighted by Gasteiger charge is 2.18. The summed E-state index contributed by atoms with van der Waals surface area (Å²) in [5.74, 6) is 0. The minimum Gasteiger partial charge on any atom is -0.309 e. The van der Waals surface area contributed by atoms with Crippen molar-refractivity contribution in [2.75, 3.05) is 0 Å². The molecule has 0 bridgehead atoms. The summed E-state index contributed by atoms with van der Waals surface area (Å²) in [5.41, 5.74) is -0.774. The molecule has 0 saturated heterocycles. The van der Waals surface area contributed by atoms with E-state index in [2.05, 4.69) is 0 Å². The Morgan fingerprint density at radius 3 is 1.28 bits per heavy atom. The first-order valence-corrected chi connectivity index (χ1v) is 11.1. The Morgan fingerprint density at radius 1 is 0.472 bits per heavy atom. The molecule has 0 spiro atoms. The van der Waals surface area contributed by atoms with Crippen molar-refractivity contribution in [1.29, 1.82) is 0 Å². The fraction of sp³-hybridized carbons (Fsp3) is 0. The summed E-state index contributed by atoms with van der Waals surface area (Å²) in [7, 11) is 0. The molecule has 5 aromatic carbocycles. The van der Waals surface area contributed by atoms with E-state index in [1.54, 1.807) is 36.4 Å². The van der Waals surface area contributed by atoms with Gasteiger partial charge in [-0.1, -0.05) is 60.5 Å². The van der Waals surface area contributed by atoms with Crippen LogP contribution in [-0.2, 0) is 0 Å². The second-order valence-corrected chi connectivity index (χ2v) is 8.20. The summed E-state index contributed by atoms with van der Waals surface area (Å²) in [6.07, 6.45) is 0. The normalized spacial score (nSPS) is 15.4. The molecule has 170 valence electrons. The fourth-order valence-electron chi connectivity index (χ4n) is 4.77. The van der Waals surface area contributed by atoms with Crippen LogP contribution in [0.2, 0.25) is 0 Å². The summed E-state index contributed by atoms with van der Waals surface area (Å²) >= 11 is 0. The van der Waals surface area contributed by atoms with E-state index in [4.69, 9.17) is 13.7 Å². The Bertz CT molecular complexity index is 2410. The first kappa shape index (κ1) is 12.7. The van der Waals surface area contributed by atoms with Crippen molar-refractivity contribution in [3.63, 3.8) is 0 Å². The van der Waals surface area contributed by atoms with Crippen LogP contribution < -0.4 is 10.9 Å². The number of fused-ring (bicyclic) bond motifs is 4. The van der Waals surface area contributed by atoms with E-state index < -0.39 is 71.3 Å². The maximum absolute atomic E-state index is 14.1. The third-order valence-electron chi connectivity index (χ3n) is 6.29. The molecule has 4 heteroatoms. The van der Waals surface area contributed by atoms with Crippen LogP contribution in [0.5, 0.6) is 0 Å². The van der Waals surface area contributed by atoms with Gasteiger partial charge < -0.3 is 9.13 Å². The van der Waals surface area contributed by atoms with Gasteiger partial charge in [0, 0.05) is 32.9 Å². The second kappa shape index (κ2) is 7.79. The van der Waals surface area contributed by atoms with Crippen LogP contribution in [0.4, 0.5) is 0 Å². The Balaban J connectivity index is 1.79. The van der Waals surface area contributed by atoms with Crippen molar-refractivity contribution >= 4 is 43.6 Å². The van der Waals surface area contributed by atoms with Gasteiger partial charge in [-0.2, -0.15) is 0 Å². The molecule has 0 N–H and O–H groups in total. The van der Waals surface area contributed by atoms with Gasteiger partial charge in [-0.25, -0.2) is 0 Å². The predicted molar refractivity (Wildman–Crippen MR) is 148 cm³/mol. The zero-order valence-corrected chi connectivity index (χ0v) is 18.5. The van der Waals surface area contributed by atoms with Gasteiger partial charge in [0.15, 0.2) is 10.9 Å². The van der Waals surface area contributed by atoms with Gasteiger partial charge in [-0.3, -0.25) is 9.59 Å². The van der Waals surface area contributed by atoms with Crippen molar-refractivity contribution in [3.8, 4) is 11.4 Å².